The Hall–Kier alpha value is -7.30. The van der Waals surface area contributed by atoms with E-state index in [4.69, 9.17) is 15.0 Å². The Morgan fingerprint density at radius 1 is 0.436 bits per heavy atom. The molecular weight excluding hydrogens is 669 g/mol. The highest BCUT2D eigenvalue weighted by atomic mass is 15.0. The van der Waals surface area contributed by atoms with Gasteiger partial charge in [-0.05, 0) is 81.0 Å². The summed E-state index contributed by atoms with van der Waals surface area (Å²) in [5.74, 6) is 1.13. The summed E-state index contributed by atoms with van der Waals surface area (Å²) < 4.78 is 0. The van der Waals surface area contributed by atoms with E-state index in [2.05, 4.69) is 145 Å². The lowest BCUT2D eigenvalue weighted by molar-refractivity contribution is 1.06. The van der Waals surface area contributed by atoms with Gasteiger partial charge >= 0.3 is 0 Å². The number of pyridine rings is 1. The molecule has 4 heteroatoms. The number of aliphatic imine (C=N–C) groups is 3. The van der Waals surface area contributed by atoms with Gasteiger partial charge in [0.25, 0.3) is 0 Å². The predicted molar refractivity (Wildman–Crippen MR) is 232 cm³/mol. The van der Waals surface area contributed by atoms with Crippen molar-refractivity contribution in [3.8, 4) is 33.5 Å². The number of fused-ring (bicyclic) bond motifs is 4. The minimum atomic E-state index is 0.423. The van der Waals surface area contributed by atoms with Gasteiger partial charge in [0.1, 0.15) is 0 Å². The van der Waals surface area contributed by atoms with Crippen molar-refractivity contribution < 1.29 is 0 Å². The van der Waals surface area contributed by atoms with Gasteiger partial charge in [-0.25, -0.2) is 15.0 Å². The first-order chi connectivity index (χ1) is 27.2. The first-order valence-electron chi connectivity index (χ1n) is 18.4. The summed E-state index contributed by atoms with van der Waals surface area (Å²) in [5.41, 5.74) is 10.4. The Morgan fingerprint density at radius 2 is 1.00 bits per heavy atom. The van der Waals surface area contributed by atoms with E-state index in [0.29, 0.717) is 18.2 Å². The molecule has 8 aromatic carbocycles. The highest BCUT2D eigenvalue weighted by Crippen LogP contribution is 2.35. The molecule has 0 aliphatic rings. The summed E-state index contributed by atoms with van der Waals surface area (Å²) in [6, 6.07) is 67.6. The van der Waals surface area contributed by atoms with E-state index < -0.39 is 0 Å². The summed E-state index contributed by atoms with van der Waals surface area (Å²) in [7, 11) is 0. The van der Waals surface area contributed by atoms with E-state index in [0.717, 1.165) is 66.5 Å². The van der Waals surface area contributed by atoms with Gasteiger partial charge in [-0.2, -0.15) is 0 Å². The number of hydrogen-bond acceptors (Lipinski definition) is 2. The second-order valence-electron chi connectivity index (χ2n) is 13.5. The number of hydrogen-bond donors (Lipinski definition) is 0. The summed E-state index contributed by atoms with van der Waals surface area (Å²) in [6.07, 6.45) is 0. The van der Waals surface area contributed by atoms with Crippen LogP contribution >= 0.6 is 0 Å². The molecule has 9 rings (SSSR count). The standard InChI is InChI=1S/C51H36N4/c1-52-50(39-15-4-2-5-16-39)55-51(40-17-6-3-7-18-40)53-34-35-30-43(33-44(31-35)42-29-26-36-14-8-9-19-41(36)32-42)37-24-27-38(28-25-37)49-47-22-11-10-20-45(47)46-21-12-13-23-48(46)54-49/h2-33H,1,34H2. The van der Waals surface area contributed by atoms with Crippen LogP contribution in [0.3, 0.4) is 0 Å². The first kappa shape index (κ1) is 33.5. The van der Waals surface area contributed by atoms with Crippen molar-refractivity contribution in [2.24, 2.45) is 15.0 Å². The quantitative estimate of drug-likeness (QED) is 0.0925. The topological polar surface area (TPSA) is 50.0 Å². The Morgan fingerprint density at radius 3 is 1.73 bits per heavy atom. The minimum Gasteiger partial charge on any atom is -0.261 e. The van der Waals surface area contributed by atoms with Crippen LogP contribution in [0.1, 0.15) is 16.7 Å². The maximum absolute atomic E-state index is 5.14. The lowest BCUT2D eigenvalue weighted by Crippen LogP contribution is -2.05. The van der Waals surface area contributed by atoms with Crippen molar-refractivity contribution in [3.63, 3.8) is 0 Å². The number of para-hydroxylation sites is 1. The van der Waals surface area contributed by atoms with Crippen LogP contribution in [0.15, 0.2) is 209 Å². The molecule has 0 radical (unpaired) electrons. The fourth-order valence-corrected chi connectivity index (χ4v) is 7.25. The molecule has 0 saturated heterocycles. The van der Waals surface area contributed by atoms with Crippen LogP contribution in [0.2, 0.25) is 0 Å². The van der Waals surface area contributed by atoms with Crippen molar-refractivity contribution in [1.29, 1.82) is 0 Å². The molecule has 0 unspecified atom stereocenters. The van der Waals surface area contributed by atoms with E-state index >= 15 is 0 Å². The van der Waals surface area contributed by atoms with Crippen LogP contribution in [0.4, 0.5) is 0 Å². The molecule has 0 amide bonds. The van der Waals surface area contributed by atoms with Gasteiger partial charge in [0.2, 0.25) is 0 Å². The van der Waals surface area contributed by atoms with Gasteiger partial charge < -0.3 is 0 Å². The molecule has 55 heavy (non-hydrogen) atoms. The molecule has 0 fully saturated rings. The third kappa shape index (κ3) is 6.97. The molecule has 4 nitrogen and oxygen atoms in total. The highest BCUT2D eigenvalue weighted by Gasteiger charge is 2.13. The Labute approximate surface area is 320 Å². The van der Waals surface area contributed by atoms with Gasteiger partial charge in [0.15, 0.2) is 11.7 Å². The maximum atomic E-state index is 5.14. The molecule has 260 valence electrons. The van der Waals surface area contributed by atoms with E-state index in [9.17, 15) is 0 Å². The van der Waals surface area contributed by atoms with E-state index in [1.54, 1.807) is 0 Å². The number of rotatable bonds is 7. The van der Waals surface area contributed by atoms with Crippen LogP contribution in [0.5, 0.6) is 0 Å². The normalized spacial score (nSPS) is 12.0. The molecule has 0 atom stereocenters. The molecule has 1 heterocycles. The van der Waals surface area contributed by atoms with Crippen molar-refractivity contribution in [3.05, 3.63) is 211 Å². The van der Waals surface area contributed by atoms with Crippen LogP contribution in [-0.4, -0.2) is 23.4 Å². The van der Waals surface area contributed by atoms with Crippen molar-refractivity contribution >= 4 is 50.8 Å². The Bertz CT molecular complexity index is 2890. The Kier molecular flexibility index (Phi) is 9.13. The molecule has 0 N–H and O–H groups in total. The number of aromatic nitrogens is 1. The van der Waals surface area contributed by atoms with Crippen molar-refractivity contribution in [2.75, 3.05) is 0 Å². The average Bonchev–Trinajstić information content (AvgIpc) is 3.26. The SMILES string of the molecule is C=NC(=NC(=NCc1cc(-c2ccc(-c3nc4ccccc4c4ccccc34)cc2)cc(-c2ccc3ccccc3c2)c1)c1ccccc1)c1ccccc1. The largest absolute Gasteiger partial charge is 0.261 e. The van der Waals surface area contributed by atoms with Crippen molar-refractivity contribution in [1.82, 2.24) is 4.98 Å². The summed E-state index contributed by atoms with van der Waals surface area (Å²) in [6.45, 7) is 4.25. The summed E-state index contributed by atoms with van der Waals surface area (Å²) in [5, 5.41) is 5.94. The fourth-order valence-electron chi connectivity index (χ4n) is 7.25. The molecule has 0 saturated carbocycles. The van der Waals surface area contributed by atoms with Crippen LogP contribution in [0, 0.1) is 0 Å². The van der Waals surface area contributed by atoms with Gasteiger partial charge in [-0.15, -0.1) is 0 Å². The third-order valence-corrected chi connectivity index (χ3v) is 10.0. The minimum absolute atomic E-state index is 0.423. The second-order valence-corrected chi connectivity index (χ2v) is 13.5. The summed E-state index contributed by atoms with van der Waals surface area (Å²) >= 11 is 0. The molecule has 0 aliphatic heterocycles. The second kappa shape index (κ2) is 15.0. The van der Waals surface area contributed by atoms with E-state index in [-0.39, 0.29) is 0 Å². The van der Waals surface area contributed by atoms with Crippen LogP contribution < -0.4 is 0 Å². The van der Waals surface area contributed by atoms with Gasteiger partial charge in [-0.1, -0.05) is 164 Å². The zero-order chi connectivity index (χ0) is 37.0. The molecule has 0 spiro atoms. The predicted octanol–water partition coefficient (Wildman–Crippen LogP) is 12.6. The summed E-state index contributed by atoms with van der Waals surface area (Å²) in [4.78, 5) is 19.5. The van der Waals surface area contributed by atoms with E-state index in [1.165, 1.54) is 16.2 Å². The molecule has 9 aromatic rings. The fraction of sp³-hybridized carbons (Fsp3) is 0.0196. The monoisotopic (exact) mass is 704 g/mol. The Balaban J connectivity index is 1.14. The lowest BCUT2D eigenvalue weighted by Gasteiger charge is -2.13. The maximum Gasteiger partial charge on any atom is 0.161 e. The number of amidine groups is 2. The smallest absolute Gasteiger partial charge is 0.161 e. The first-order valence-corrected chi connectivity index (χ1v) is 18.4. The molecular formula is C51H36N4. The average molecular weight is 705 g/mol. The van der Waals surface area contributed by atoms with E-state index in [1.807, 2.05) is 60.7 Å². The van der Waals surface area contributed by atoms with Gasteiger partial charge in [-0.3, -0.25) is 4.99 Å². The van der Waals surface area contributed by atoms with Crippen molar-refractivity contribution in [2.45, 2.75) is 6.54 Å². The zero-order valence-corrected chi connectivity index (χ0v) is 30.2. The molecule has 0 aliphatic carbocycles. The lowest BCUT2D eigenvalue weighted by atomic mass is 9.93. The number of benzene rings is 8. The van der Waals surface area contributed by atoms with Crippen LogP contribution in [-0.2, 0) is 6.54 Å². The molecule has 1 aromatic heterocycles. The zero-order valence-electron chi connectivity index (χ0n) is 30.2. The highest BCUT2D eigenvalue weighted by molar-refractivity contribution is 6.13. The molecule has 0 bridgehead atoms. The number of nitrogens with zero attached hydrogens (tertiary/aromatic N) is 4. The third-order valence-electron chi connectivity index (χ3n) is 10.0. The van der Waals surface area contributed by atoms with Crippen LogP contribution in [0.25, 0.3) is 66.0 Å². The van der Waals surface area contributed by atoms with Gasteiger partial charge in [0.05, 0.1) is 17.8 Å². The van der Waals surface area contributed by atoms with Gasteiger partial charge in [0, 0.05) is 27.5 Å².